The Morgan fingerprint density at radius 1 is 1.00 bits per heavy atom. The molecule has 2 aromatic carbocycles. The Morgan fingerprint density at radius 2 is 1.63 bits per heavy atom. The minimum Gasteiger partial charge on any atom is -0.465 e. The molecule has 0 spiro atoms. The van der Waals surface area contributed by atoms with Crippen LogP contribution in [0.3, 0.4) is 0 Å². The number of hydrogen-bond acceptors (Lipinski definition) is 4. The van der Waals surface area contributed by atoms with Gasteiger partial charge in [0.25, 0.3) is 0 Å². The van der Waals surface area contributed by atoms with Crippen LogP contribution in [0.5, 0.6) is 0 Å². The summed E-state index contributed by atoms with van der Waals surface area (Å²) in [5, 5.41) is 5.15. The zero-order chi connectivity index (χ0) is 20.0. The van der Waals surface area contributed by atoms with Gasteiger partial charge in [-0.05, 0) is 32.0 Å². The molecule has 0 bridgehead atoms. The number of carbonyl (C=O) groups excluding carboxylic acids is 3. The van der Waals surface area contributed by atoms with Crippen LogP contribution in [0.15, 0.2) is 48.5 Å². The quantitative estimate of drug-likeness (QED) is 0.603. The van der Waals surface area contributed by atoms with E-state index in [1.54, 1.807) is 30.3 Å². The number of amides is 2. The van der Waals surface area contributed by atoms with Crippen molar-refractivity contribution >= 4 is 23.5 Å². The van der Waals surface area contributed by atoms with Gasteiger partial charge in [0.1, 0.15) is 11.2 Å². The number of rotatable bonds is 6. The largest absolute Gasteiger partial charge is 0.465 e. The summed E-state index contributed by atoms with van der Waals surface area (Å²) < 4.78 is 18.3. The molecule has 2 N–H and O–H groups in total. The molecule has 2 aromatic rings. The predicted molar refractivity (Wildman–Crippen MR) is 98.4 cm³/mol. The minimum absolute atomic E-state index is 0.0407. The van der Waals surface area contributed by atoms with Gasteiger partial charge in [-0.3, -0.25) is 9.59 Å². The summed E-state index contributed by atoms with van der Waals surface area (Å²) in [6, 6.07) is 12.4. The smallest absolute Gasteiger partial charge is 0.339 e. The summed E-state index contributed by atoms with van der Waals surface area (Å²) in [6.07, 6.45) is 0. The molecule has 0 saturated heterocycles. The topological polar surface area (TPSA) is 84.5 Å². The van der Waals surface area contributed by atoms with E-state index in [4.69, 9.17) is 0 Å². The van der Waals surface area contributed by atoms with Gasteiger partial charge in [-0.1, -0.05) is 30.3 Å². The van der Waals surface area contributed by atoms with Crippen LogP contribution in [0.4, 0.5) is 10.1 Å². The number of benzene rings is 2. The fourth-order valence-corrected chi connectivity index (χ4v) is 2.30. The predicted octanol–water partition coefficient (Wildman–Crippen LogP) is 2.89. The summed E-state index contributed by atoms with van der Waals surface area (Å²) in [5.74, 6) is -2.22. The van der Waals surface area contributed by atoms with Gasteiger partial charge in [-0.2, -0.15) is 0 Å². The van der Waals surface area contributed by atoms with E-state index in [0.29, 0.717) is 5.56 Å². The SMILES string of the molecule is COC(=O)c1ccccc1NC(=O)C(C)(C)C(=O)NCc1ccccc1F. The molecule has 7 heteroatoms. The highest BCUT2D eigenvalue weighted by Gasteiger charge is 2.36. The first-order valence-corrected chi connectivity index (χ1v) is 8.28. The maximum absolute atomic E-state index is 13.7. The van der Waals surface area contributed by atoms with Gasteiger partial charge < -0.3 is 15.4 Å². The van der Waals surface area contributed by atoms with E-state index in [1.807, 2.05) is 0 Å². The number of ether oxygens (including phenoxy) is 1. The highest BCUT2D eigenvalue weighted by atomic mass is 19.1. The van der Waals surface area contributed by atoms with E-state index in [0.717, 1.165) is 0 Å². The molecule has 0 aliphatic carbocycles. The third-order valence-electron chi connectivity index (χ3n) is 4.11. The number of halogens is 1. The average molecular weight is 372 g/mol. The van der Waals surface area contributed by atoms with Crippen molar-refractivity contribution in [3.05, 3.63) is 65.5 Å². The van der Waals surface area contributed by atoms with Crippen molar-refractivity contribution in [2.45, 2.75) is 20.4 Å². The van der Waals surface area contributed by atoms with Crippen LogP contribution in [0.25, 0.3) is 0 Å². The Morgan fingerprint density at radius 3 is 2.30 bits per heavy atom. The van der Waals surface area contributed by atoms with Gasteiger partial charge in [-0.25, -0.2) is 9.18 Å². The van der Waals surface area contributed by atoms with Crippen molar-refractivity contribution in [3.8, 4) is 0 Å². The zero-order valence-electron chi connectivity index (χ0n) is 15.3. The van der Waals surface area contributed by atoms with Crippen LogP contribution < -0.4 is 10.6 Å². The fourth-order valence-electron chi connectivity index (χ4n) is 2.30. The van der Waals surface area contributed by atoms with Crippen LogP contribution in [0.1, 0.15) is 29.8 Å². The molecule has 0 radical (unpaired) electrons. The molecule has 0 aliphatic rings. The molecule has 27 heavy (non-hydrogen) atoms. The highest BCUT2D eigenvalue weighted by molar-refractivity contribution is 6.11. The average Bonchev–Trinajstić information content (AvgIpc) is 2.66. The monoisotopic (exact) mass is 372 g/mol. The zero-order valence-corrected chi connectivity index (χ0v) is 15.3. The number of para-hydroxylation sites is 1. The molecule has 0 fully saturated rings. The third-order valence-corrected chi connectivity index (χ3v) is 4.11. The second-order valence-electron chi connectivity index (χ2n) is 6.39. The van der Waals surface area contributed by atoms with Crippen molar-refractivity contribution in [1.82, 2.24) is 5.32 Å². The minimum atomic E-state index is -1.45. The summed E-state index contributed by atoms with van der Waals surface area (Å²) in [4.78, 5) is 36.9. The van der Waals surface area contributed by atoms with Gasteiger partial charge in [-0.15, -0.1) is 0 Å². The Kier molecular flexibility index (Phi) is 6.28. The number of nitrogens with one attached hydrogen (secondary N) is 2. The first kappa shape index (κ1) is 20.1. The Balaban J connectivity index is 2.09. The van der Waals surface area contributed by atoms with Gasteiger partial charge in [0.2, 0.25) is 11.8 Å². The van der Waals surface area contributed by atoms with E-state index in [-0.39, 0.29) is 17.8 Å². The van der Waals surface area contributed by atoms with Crippen LogP contribution in [0.2, 0.25) is 0 Å². The summed E-state index contributed by atoms with van der Waals surface area (Å²) in [6.45, 7) is 2.85. The van der Waals surface area contributed by atoms with Crippen molar-refractivity contribution in [2.24, 2.45) is 5.41 Å². The lowest BCUT2D eigenvalue weighted by atomic mass is 9.90. The van der Waals surface area contributed by atoms with E-state index in [1.165, 1.54) is 39.2 Å². The molecule has 0 saturated carbocycles. The lowest BCUT2D eigenvalue weighted by Gasteiger charge is -2.23. The molecule has 6 nitrogen and oxygen atoms in total. The molecule has 2 amide bonds. The Hall–Kier alpha value is -3.22. The van der Waals surface area contributed by atoms with Crippen molar-refractivity contribution in [1.29, 1.82) is 0 Å². The molecule has 2 rings (SSSR count). The van der Waals surface area contributed by atoms with E-state index in [9.17, 15) is 18.8 Å². The van der Waals surface area contributed by atoms with Gasteiger partial charge in [0, 0.05) is 12.1 Å². The van der Waals surface area contributed by atoms with E-state index >= 15 is 0 Å². The molecular weight excluding hydrogens is 351 g/mol. The van der Waals surface area contributed by atoms with Crippen molar-refractivity contribution in [3.63, 3.8) is 0 Å². The summed E-state index contributed by atoms with van der Waals surface area (Å²) in [7, 11) is 1.24. The molecule has 142 valence electrons. The number of esters is 1. The van der Waals surface area contributed by atoms with Gasteiger partial charge in [0.15, 0.2) is 0 Å². The van der Waals surface area contributed by atoms with E-state index in [2.05, 4.69) is 15.4 Å². The molecule has 0 unspecified atom stereocenters. The van der Waals surface area contributed by atoms with Crippen LogP contribution in [-0.2, 0) is 20.9 Å². The number of carbonyl (C=O) groups is 3. The maximum atomic E-state index is 13.7. The summed E-state index contributed by atoms with van der Waals surface area (Å²) >= 11 is 0. The summed E-state index contributed by atoms with van der Waals surface area (Å²) in [5.41, 5.74) is -0.715. The first-order valence-electron chi connectivity index (χ1n) is 8.28. The van der Waals surface area contributed by atoms with Crippen LogP contribution >= 0.6 is 0 Å². The second-order valence-corrected chi connectivity index (χ2v) is 6.39. The fraction of sp³-hybridized carbons (Fsp3) is 0.250. The lowest BCUT2D eigenvalue weighted by molar-refractivity contribution is -0.138. The van der Waals surface area contributed by atoms with Crippen LogP contribution in [0, 0.1) is 11.2 Å². The molecule has 0 atom stereocenters. The number of anilines is 1. The van der Waals surface area contributed by atoms with E-state index < -0.39 is 29.0 Å². The Bertz CT molecular complexity index is 865. The van der Waals surface area contributed by atoms with Gasteiger partial charge >= 0.3 is 5.97 Å². The van der Waals surface area contributed by atoms with Gasteiger partial charge in [0.05, 0.1) is 18.4 Å². The standard InChI is InChI=1S/C20H21FN2O4/c1-20(2,18(25)22-12-13-8-4-6-10-15(13)21)19(26)23-16-11-7-5-9-14(16)17(24)27-3/h4-11H,12H2,1-3H3,(H,22,25)(H,23,26). The first-order chi connectivity index (χ1) is 12.8. The molecule has 0 aliphatic heterocycles. The highest BCUT2D eigenvalue weighted by Crippen LogP contribution is 2.22. The van der Waals surface area contributed by atoms with Crippen LogP contribution in [-0.4, -0.2) is 24.9 Å². The third kappa shape index (κ3) is 4.69. The molecular formula is C20H21FN2O4. The molecule has 0 aromatic heterocycles. The van der Waals surface area contributed by atoms with Crippen molar-refractivity contribution in [2.75, 3.05) is 12.4 Å². The lowest BCUT2D eigenvalue weighted by Crippen LogP contribution is -2.45. The molecule has 0 heterocycles. The number of methoxy groups -OCH3 is 1. The maximum Gasteiger partial charge on any atom is 0.339 e. The number of hydrogen-bond donors (Lipinski definition) is 2. The Labute approximate surface area is 156 Å². The van der Waals surface area contributed by atoms with Crippen molar-refractivity contribution < 1.29 is 23.5 Å². The normalized spacial score (nSPS) is 10.8. The second kappa shape index (κ2) is 8.44.